The summed E-state index contributed by atoms with van der Waals surface area (Å²) < 4.78 is 5.30. The number of hydrogen-bond acceptors (Lipinski definition) is 3. The number of rotatable bonds is 6. The van der Waals surface area contributed by atoms with Gasteiger partial charge in [0.2, 0.25) is 0 Å². The van der Waals surface area contributed by atoms with Gasteiger partial charge in [-0.15, -0.1) is 0 Å². The van der Waals surface area contributed by atoms with Gasteiger partial charge in [-0.25, -0.2) is 9.59 Å². The smallest absolute Gasteiger partial charge is 0.329 e. The van der Waals surface area contributed by atoms with Gasteiger partial charge in [0.15, 0.2) is 0 Å². The Morgan fingerprint density at radius 2 is 2.00 bits per heavy atom. The van der Waals surface area contributed by atoms with Gasteiger partial charge in [-0.1, -0.05) is 6.92 Å². The number of hydrogen-bond donors (Lipinski definition) is 1. The fourth-order valence-electron chi connectivity index (χ4n) is 2.26. The standard InChI is InChI=1S/C13H24N2O4/c1-5-10(3)15(6-2)12(18)14-8-13(4,9-14)19-7-11(16)17/h10H,5-9H2,1-4H3,(H,16,17). The fourth-order valence-corrected chi connectivity index (χ4v) is 2.26. The predicted molar refractivity (Wildman–Crippen MR) is 71.1 cm³/mol. The minimum absolute atomic E-state index is 0.00764. The summed E-state index contributed by atoms with van der Waals surface area (Å²) in [7, 11) is 0. The third-order valence-electron chi connectivity index (χ3n) is 3.57. The molecule has 6 nitrogen and oxygen atoms in total. The summed E-state index contributed by atoms with van der Waals surface area (Å²) in [5.74, 6) is -0.985. The second kappa shape index (κ2) is 6.23. The van der Waals surface area contributed by atoms with Crippen molar-refractivity contribution in [1.29, 1.82) is 0 Å². The van der Waals surface area contributed by atoms with E-state index in [0.717, 1.165) is 6.42 Å². The first-order valence-corrected chi connectivity index (χ1v) is 6.74. The third kappa shape index (κ3) is 3.83. The number of nitrogens with zero attached hydrogens (tertiary/aromatic N) is 2. The van der Waals surface area contributed by atoms with E-state index in [2.05, 4.69) is 6.92 Å². The molecule has 1 unspecified atom stereocenters. The maximum absolute atomic E-state index is 12.3. The second-order valence-electron chi connectivity index (χ2n) is 5.31. The molecule has 2 amide bonds. The van der Waals surface area contributed by atoms with Crippen LogP contribution in [0.25, 0.3) is 0 Å². The van der Waals surface area contributed by atoms with E-state index in [-0.39, 0.29) is 18.7 Å². The van der Waals surface area contributed by atoms with Crippen molar-refractivity contribution in [3.05, 3.63) is 0 Å². The van der Waals surface area contributed by atoms with Crippen molar-refractivity contribution in [2.75, 3.05) is 26.2 Å². The van der Waals surface area contributed by atoms with Crippen LogP contribution in [0.4, 0.5) is 4.79 Å². The van der Waals surface area contributed by atoms with Gasteiger partial charge in [-0.05, 0) is 27.2 Å². The van der Waals surface area contributed by atoms with Crippen molar-refractivity contribution in [3.8, 4) is 0 Å². The molecule has 1 heterocycles. The highest BCUT2D eigenvalue weighted by Crippen LogP contribution is 2.26. The van der Waals surface area contributed by atoms with Gasteiger partial charge in [0.25, 0.3) is 0 Å². The number of carbonyl (C=O) groups excluding carboxylic acids is 1. The van der Waals surface area contributed by atoms with Gasteiger partial charge >= 0.3 is 12.0 Å². The topological polar surface area (TPSA) is 70.1 Å². The third-order valence-corrected chi connectivity index (χ3v) is 3.57. The van der Waals surface area contributed by atoms with E-state index in [1.165, 1.54) is 0 Å². The van der Waals surface area contributed by atoms with Gasteiger partial charge in [-0.2, -0.15) is 0 Å². The lowest BCUT2D eigenvalue weighted by molar-refractivity contribution is -0.160. The van der Waals surface area contributed by atoms with Crippen LogP contribution >= 0.6 is 0 Å². The Morgan fingerprint density at radius 1 is 1.42 bits per heavy atom. The predicted octanol–water partition coefficient (Wildman–Crippen LogP) is 1.40. The Morgan fingerprint density at radius 3 is 2.42 bits per heavy atom. The number of ether oxygens (including phenoxy) is 1. The summed E-state index contributed by atoms with van der Waals surface area (Å²) in [5.41, 5.74) is -0.525. The summed E-state index contributed by atoms with van der Waals surface area (Å²) in [6, 6.07) is 0.220. The molecular formula is C13H24N2O4. The van der Waals surface area contributed by atoms with E-state index < -0.39 is 11.6 Å². The first kappa shape index (κ1) is 15.8. The molecule has 19 heavy (non-hydrogen) atoms. The van der Waals surface area contributed by atoms with Crippen LogP contribution in [0.3, 0.4) is 0 Å². The lowest BCUT2D eigenvalue weighted by atomic mass is 9.97. The van der Waals surface area contributed by atoms with Crippen molar-refractivity contribution in [3.63, 3.8) is 0 Å². The van der Waals surface area contributed by atoms with Gasteiger partial charge < -0.3 is 19.6 Å². The Labute approximate surface area is 114 Å². The molecule has 1 fully saturated rings. The zero-order valence-corrected chi connectivity index (χ0v) is 12.2. The number of aliphatic carboxylic acids is 1. The minimum atomic E-state index is -0.985. The quantitative estimate of drug-likeness (QED) is 0.793. The lowest BCUT2D eigenvalue weighted by Crippen LogP contribution is -2.66. The van der Waals surface area contributed by atoms with Crippen LogP contribution in [0.2, 0.25) is 0 Å². The van der Waals surface area contributed by atoms with Gasteiger partial charge in [0.05, 0.1) is 13.1 Å². The molecule has 0 bridgehead atoms. The summed E-state index contributed by atoms with van der Waals surface area (Å²) in [4.78, 5) is 26.3. The first-order chi connectivity index (χ1) is 8.83. The van der Waals surface area contributed by atoms with E-state index in [9.17, 15) is 9.59 Å². The molecule has 0 aromatic rings. The maximum Gasteiger partial charge on any atom is 0.329 e. The van der Waals surface area contributed by atoms with Gasteiger partial charge in [0.1, 0.15) is 12.2 Å². The van der Waals surface area contributed by atoms with Crippen LogP contribution in [-0.2, 0) is 9.53 Å². The van der Waals surface area contributed by atoms with E-state index in [0.29, 0.717) is 19.6 Å². The largest absolute Gasteiger partial charge is 0.480 e. The molecular weight excluding hydrogens is 248 g/mol. The molecule has 1 aliphatic rings. The molecule has 1 rings (SSSR count). The molecule has 0 saturated carbocycles. The van der Waals surface area contributed by atoms with E-state index in [4.69, 9.17) is 9.84 Å². The number of urea groups is 1. The molecule has 0 aromatic heterocycles. The Balaban J connectivity index is 2.48. The highest BCUT2D eigenvalue weighted by Gasteiger charge is 2.44. The number of likely N-dealkylation sites (tertiary alicyclic amines) is 1. The summed E-state index contributed by atoms with van der Waals surface area (Å²) in [5, 5.41) is 8.59. The first-order valence-electron chi connectivity index (χ1n) is 6.74. The monoisotopic (exact) mass is 272 g/mol. The summed E-state index contributed by atoms with van der Waals surface area (Å²) in [6.45, 7) is 9.14. The van der Waals surface area contributed by atoms with Crippen LogP contribution in [0.15, 0.2) is 0 Å². The van der Waals surface area contributed by atoms with Crippen LogP contribution in [0.5, 0.6) is 0 Å². The summed E-state index contributed by atoms with van der Waals surface area (Å²) in [6.07, 6.45) is 0.917. The van der Waals surface area contributed by atoms with Gasteiger partial charge in [0, 0.05) is 12.6 Å². The van der Waals surface area contributed by atoms with Crippen LogP contribution in [0, 0.1) is 0 Å². The highest BCUT2D eigenvalue weighted by molar-refractivity contribution is 5.76. The van der Waals surface area contributed by atoms with Gasteiger partial charge in [-0.3, -0.25) is 0 Å². The van der Waals surface area contributed by atoms with Crippen molar-refractivity contribution in [2.45, 2.75) is 45.8 Å². The van der Waals surface area contributed by atoms with Crippen LogP contribution in [0.1, 0.15) is 34.1 Å². The fraction of sp³-hybridized carbons (Fsp3) is 0.846. The molecule has 6 heteroatoms. The highest BCUT2D eigenvalue weighted by atomic mass is 16.5. The van der Waals surface area contributed by atoms with Crippen molar-refractivity contribution >= 4 is 12.0 Å². The molecule has 0 spiro atoms. The number of carboxylic acids is 1. The second-order valence-corrected chi connectivity index (χ2v) is 5.31. The molecule has 1 saturated heterocycles. The Bertz CT molecular complexity index is 340. The zero-order chi connectivity index (χ0) is 14.6. The average molecular weight is 272 g/mol. The van der Waals surface area contributed by atoms with Crippen LogP contribution < -0.4 is 0 Å². The van der Waals surface area contributed by atoms with Crippen molar-refractivity contribution in [1.82, 2.24) is 9.80 Å². The Hall–Kier alpha value is -1.30. The SMILES string of the molecule is CCC(C)N(CC)C(=O)N1CC(C)(OCC(=O)O)C1. The van der Waals surface area contributed by atoms with E-state index in [1.54, 1.807) is 4.90 Å². The van der Waals surface area contributed by atoms with Crippen molar-refractivity contribution < 1.29 is 19.4 Å². The molecule has 1 aliphatic heterocycles. The van der Waals surface area contributed by atoms with E-state index >= 15 is 0 Å². The maximum atomic E-state index is 12.3. The zero-order valence-electron chi connectivity index (χ0n) is 12.2. The van der Waals surface area contributed by atoms with Crippen LogP contribution in [-0.4, -0.2) is 64.8 Å². The molecule has 1 atom stereocenters. The number of amides is 2. The molecule has 0 radical (unpaired) electrons. The normalized spacial score (nSPS) is 18.6. The minimum Gasteiger partial charge on any atom is -0.480 e. The summed E-state index contributed by atoms with van der Waals surface area (Å²) >= 11 is 0. The molecule has 1 N–H and O–H groups in total. The van der Waals surface area contributed by atoms with Crippen molar-refractivity contribution in [2.24, 2.45) is 0 Å². The molecule has 0 aliphatic carbocycles. The average Bonchev–Trinajstić information content (AvgIpc) is 2.33. The number of carboxylic acid groups (broad SMARTS) is 1. The van der Waals surface area contributed by atoms with E-state index in [1.807, 2.05) is 25.7 Å². The molecule has 110 valence electrons. The Kier molecular flexibility index (Phi) is 5.17. The lowest BCUT2D eigenvalue weighted by Gasteiger charge is -2.49. The molecule has 0 aromatic carbocycles. The number of carbonyl (C=O) groups is 2.